The molecular weight excluding hydrogens is 591 g/mol. The van der Waals surface area contributed by atoms with Gasteiger partial charge in [0.1, 0.15) is 12.1 Å². The number of aliphatic imine (C=N–C) groups is 1. The summed E-state index contributed by atoms with van der Waals surface area (Å²) in [7, 11) is 0. The molecular formula is C32H26F3N5O3S. The van der Waals surface area contributed by atoms with E-state index < -0.39 is 12.4 Å². The number of halogens is 3. The molecule has 1 aromatic heterocycles. The zero-order chi connectivity index (χ0) is 31.0. The number of thioether (sulfide) groups is 1. The van der Waals surface area contributed by atoms with Crippen LogP contribution >= 0.6 is 11.8 Å². The fourth-order valence-electron chi connectivity index (χ4n) is 5.15. The molecule has 8 nitrogen and oxygen atoms in total. The first kappa shape index (κ1) is 29.2. The topological polar surface area (TPSA) is 88.8 Å². The van der Waals surface area contributed by atoms with Gasteiger partial charge in [-0.25, -0.2) is 9.78 Å². The monoisotopic (exact) mass is 617 g/mol. The quantitative estimate of drug-likeness (QED) is 0.207. The van der Waals surface area contributed by atoms with Gasteiger partial charge in [-0.05, 0) is 71.8 Å². The number of aromatic nitrogens is 2. The first-order valence-corrected chi connectivity index (χ1v) is 14.8. The number of hydrogen-bond donors (Lipinski definition) is 1. The van der Waals surface area contributed by atoms with Gasteiger partial charge in [-0.15, -0.1) is 13.2 Å². The lowest BCUT2D eigenvalue weighted by atomic mass is 9.96. The number of rotatable bonds is 6. The lowest BCUT2D eigenvalue weighted by Crippen LogP contribution is -2.31. The molecule has 0 bridgehead atoms. The second-order valence-corrected chi connectivity index (χ2v) is 11.2. The Balaban J connectivity index is 1.23. The van der Waals surface area contributed by atoms with Gasteiger partial charge >= 0.3 is 12.4 Å². The van der Waals surface area contributed by atoms with Gasteiger partial charge in [0, 0.05) is 16.8 Å². The van der Waals surface area contributed by atoms with Crippen molar-refractivity contribution in [3.63, 3.8) is 0 Å². The van der Waals surface area contributed by atoms with Gasteiger partial charge in [-0.2, -0.15) is 4.99 Å². The summed E-state index contributed by atoms with van der Waals surface area (Å²) in [6.07, 6.45) is -2.26. The molecule has 6 rings (SSSR count). The average Bonchev–Trinajstić information content (AvgIpc) is 3.59. The first-order valence-electron chi connectivity index (χ1n) is 13.8. The fraction of sp³-hybridized carbons (Fsp3) is 0.188. The zero-order valence-corrected chi connectivity index (χ0v) is 24.4. The molecule has 1 saturated heterocycles. The Bertz CT molecular complexity index is 1920. The van der Waals surface area contributed by atoms with E-state index in [9.17, 15) is 22.8 Å². The lowest BCUT2D eigenvalue weighted by Gasteiger charge is -2.22. The highest BCUT2D eigenvalue weighted by Gasteiger charge is 2.33. The van der Waals surface area contributed by atoms with E-state index in [0.29, 0.717) is 22.1 Å². The lowest BCUT2D eigenvalue weighted by molar-refractivity contribution is -0.274. The van der Waals surface area contributed by atoms with E-state index in [2.05, 4.69) is 33.9 Å². The summed E-state index contributed by atoms with van der Waals surface area (Å²) >= 11 is 1.23. The van der Waals surface area contributed by atoms with E-state index in [4.69, 9.17) is 0 Å². The highest BCUT2D eigenvalue weighted by atomic mass is 32.2. The second-order valence-electron chi connectivity index (χ2n) is 10.2. The van der Waals surface area contributed by atoms with Crippen molar-refractivity contribution in [2.45, 2.75) is 32.5 Å². The minimum Gasteiger partial charge on any atom is -0.406 e. The Hall–Kier alpha value is -4.84. The molecule has 44 heavy (non-hydrogen) atoms. The summed E-state index contributed by atoms with van der Waals surface area (Å²) in [5.74, 6) is -0.00594. The van der Waals surface area contributed by atoms with E-state index in [1.807, 2.05) is 42.5 Å². The van der Waals surface area contributed by atoms with Crippen LogP contribution in [0.5, 0.6) is 5.75 Å². The molecule has 0 saturated carbocycles. The molecule has 1 unspecified atom stereocenters. The number of alkyl halides is 3. The van der Waals surface area contributed by atoms with Crippen LogP contribution in [-0.4, -0.2) is 38.8 Å². The molecule has 12 heteroatoms. The summed E-state index contributed by atoms with van der Waals surface area (Å²) in [6.45, 7) is 4.19. The number of amidine groups is 1. The normalized spacial score (nSPS) is 15.3. The van der Waals surface area contributed by atoms with Crippen LogP contribution in [0.2, 0.25) is 0 Å². The third-order valence-corrected chi connectivity index (χ3v) is 8.34. The van der Waals surface area contributed by atoms with Gasteiger partial charge in [0.2, 0.25) is 5.91 Å². The van der Waals surface area contributed by atoms with E-state index in [0.717, 1.165) is 34.0 Å². The number of nitrogens with one attached hydrogen (secondary N) is 1. The maximum atomic E-state index is 13.0. The van der Waals surface area contributed by atoms with E-state index in [-0.39, 0.29) is 23.3 Å². The summed E-state index contributed by atoms with van der Waals surface area (Å²) in [5, 5.41) is 4.77. The zero-order valence-electron chi connectivity index (χ0n) is 23.6. The molecule has 2 heterocycles. The molecule has 0 aliphatic carbocycles. The molecule has 224 valence electrons. The van der Waals surface area contributed by atoms with Gasteiger partial charge in [-0.1, -0.05) is 55.9 Å². The molecule has 0 radical (unpaired) electrons. The van der Waals surface area contributed by atoms with Crippen molar-refractivity contribution in [1.82, 2.24) is 9.55 Å². The smallest absolute Gasteiger partial charge is 0.406 e. The van der Waals surface area contributed by atoms with Crippen LogP contribution in [0.1, 0.15) is 31.7 Å². The predicted molar refractivity (Wildman–Crippen MR) is 167 cm³/mol. The van der Waals surface area contributed by atoms with Crippen molar-refractivity contribution in [3.05, 3.63) is 90.8 Å². The molecule has 1 aliphatic heterocycles. The highest BCUT2D eigenvalue weighted by molar-refractivity contribution is 8.15. The van der Waals surface area contributed by atoms with Crippen molar-refractivity contribution >= 4 is 62.0 Å². The number of ether oxygens (including phenoxy) is 1. The van der Waals surface area contributed by atoms with Crippen LogP contribution in [-0.2, 0) is 4.79 Å². The maximum absolute atomic E-state index is 13.0. The van der Waals surface area contributed by atoms with Gasteiger partial charge in [0.05, 0.1) is 22.5 Å². The SMILES string of the molecule is CCC(C)c1ccccc1N1C(=O)CSC1=NC(=O)Nc1ccc2c(ccc3c2ncn3-c2ccc(OC(F)(F)F)cc2)c1. The Morgan fingerprint density at radius 1 is 1.09 bits per heavy atom. The van der Waals surface area contributed by atoms with E-state index in [1.165, 1.54) is 40.9 Å². The molecule has 1 fully saturated rings. The van der Waals surface area contributed by atoms with Crippen molar-refractivity contribution in [1.29, 1.82) is 0 Å². The molecule has 4 aromatic carbocycles. The van der Waals surface area contributed by atoms with Gasteiger partial charge < -0.3 is 10.1 Å². The highest BCUT2D eigenvalue weighted by Crippen LogP contribution is 2.35. The third-order valence-electron chi connectivity index (χ3n) is 7.42. The summed E-state index contributed by atoms with van der Waals surface area (Å²) < 4.78 is 43.3. The first-order chi connectivity index (χ1) is 21.1. The van der Waals surface area contributed by atoms with Gasteiger partial charge in [0.25, 0.3) is 0 Å². The number of fused-ring (bicyclic) bond motifs is 3. The standard InChI is InChI=1S/C32H26F3N5O3S/c1-3-19(2)24-6-4-5-7-26(24)40-28(41)17-44-31(40)38-30(42)37-21-9-14-25-20(16-21)8-15-27-29(25)36-18-39(27)22-10-12-23(13-11-22)43-32(33,34)35/h4-16,18-19H,3,17H2,1-2H3,(H,37,42). The van der Waals surface area contributed by atoms with Crippen molar-refractivity contribution in [2.24, 2.45) is 4.99 Å². The number of carbonyl (C=O) groups excluding carboxylic acids is 2. The van der Waals surface area contributed by atoms with Crippen LogP contribution in [0.3, 0.4) is 0 Å². The van der Waals surface area contributed by atoms with Crippen LogP contribution in [0, 0.1) is 0 Å². The summed E-state index contributed by atoms with van der Waals surface area (Å²) in [4.78, 5) is 36.1. The van der Waals surface area contributed by atoms with E-state index >= 15 is 0 Å². The largest absolute Gasteiger partial charge is 0.573 e. The van der Waals surface area contributed by atoms with Crippen LogP contribution in [0.25, 0.3) is 27.5 Å². The molecule has 1 aliphatic rings. The molecule has 1 atom stereocenters. The number of benzene rings is 4. The Kier molecular flexibility index (Phi) is 7.76. The minimum atomic E-state index is -4.76. The molecule has 0 spiro atoms. The number of para-hydroxylation sites is 1. The number of amides is 3. The number of carbonyl (C=O) groups is 2. The summed E-state index contributed by atoms with van der Waals surface area (Å²) in [5.41, 5.74) is 4.34. The second kappa shape index (κ2) is 11.7. The Morgan fingerprint density at radius 2 is 1.86 bits per heavy atom. The molecule has 3 amide bonds. The average molecular weight is 618 g/mol. The number of imidazole rings is 1. The van der Waals surface area contributed by atoms with Crippen molar-refractivity contribution < 1.29 is 27.5 Å². The molecule has 1 N–H and O–H groups in total. The number of urea groups is 1. The Morgan fingerprint density at radius 3 is 2.61 bits per heavy atom. The number of nitrogens with zero attached hydrogens (tertiary/aromatic N) is 4. The maximum Gasteiger partial charge on any atom is 0.573 e. The van der Waals surface area contributed by atoms with Crippen LogP contribution in [0.4, 0.5) is 29.3 Å². The fourth-order valence-corrected chi connectivity index (χ4v) is 6.01. The number of anilines is 2. The molecule has 5 aromatic rings. The third kappa shape index (κ3) is 5.85. The summed E-state index contributed by atoms with van der Waals surface area (Å²) in [6, 6.07) is 21.7. The Labute approximate surface area is 254 Å². The van der Waals surface area contributed by atoms with Crippen molar-refractivity contribution in [2.75, 3.05) is 16.0 Å². The van der Waals surface area contributed by atoms with Crippen LogP contribution < -0.4 is 15.0 Å². The predicted octanol–water partition coefficient (Wildman–Crippen LogP) is 8.26. The van der Waals surface area contributed by atoms with Gasteiger partial charge in [-0.3, -0.25) is 14.3 Å². The van der Waals surface area contributed by atoms with Gasteiger partial charge in [0.15, 0.2) is 5.17 Å². The van der Waals surface area contributed by atoms with E-state index in [1.54, 1.807) is 23.0 Å². The van der Waals surface area contributed by atoms with Crippen LogP contribution in [0.15, 0.2) is 90.2 Å². The minimum absolute atomic E-state index is 0.128. The number of hydrogen-bond acceptors (Lipinski definition) is 5. The van der Waals surface area contributed by atoms with Crippen molar-refractivity contribution in [3.8, 4) is 11.4 Å².